The topological polar surface area (TPSA) is 106 Å². The number of amides is 3. The number of carbonyl (C=O) groups excluding carboxylic acids is 3. The van der Waals surface area contributed by atoms with Gasteiger partial charge in [-0.15, -0.1) is 0 Å². The van der Waals surface area contributed by atoms with E-state index >= 15 is 0 Å². The molecule has 0 fully saturated rings. The molecular weight excluding hydrogens is 590 g/mol. The maximum atomic E-state index is 12.9. The molecule has 0 aliphatic heterocycles. The molecule has 3 aromatic rings. The van der Waals surface area contributed by atoms with Gasteiger partial charge in [-0.05, 0) is 49.3 Å². The van der Waals surface area contributed by atoms with Crippen LogP contribution in [0.5, 0.6) is 0 Å². The first kappa shape index (κ1) is 35.6. The van der Waals surface area contributed by atoms with Crippen LogP contribution in [0.4, 0.5) is 4.79 Å². The third-order valence-corrected chi connectivity index (χ3v) is 7.74. The number of ether oxygens (including phenoxy) is 1. The second kappa shape index (κ2) is 21.8. The van der Waals surface area contributed by atoms with Gasteiger partial charge in [-0.1, -0.05) is 123 Å². The van der Waals surface area contributed by atoms with E-state index in [2.05, 4.69) is 40.4 Å². The van der Waals surface area contributed by atoms with E-state index in [9.17, 15) is 14.4 Å². The largest absolute Gasteiger partial charge is 0.445 e. The van der Waals surface area contributed by atoms with Crippen molar-refractivity contribution in [3.63, 3.8) is 0 Å². The number of carbonyl (C=O) groups is 3. The van der Waals surface area contributed by atoms with Crippen LogP contribution in [-0.4, -0.2) is 30.5 Å². The first-order valence-corrected chi connectivity index (χ1v) is 16.3. The van der Waals surface area contributed by atoms with Crippen molar-refractivity contribution in [1.82, 2.24) is 16.1 Å². The standard InChI is InChI=1S/C36H46ClN3O5/c37-32-23-15-14-22-31(32)28-44-36(43)38-26-16-24-33(35(42)40-45-27-30-20-11-7-12-21-30)39-34(41)25-13-5-3-1-2-4-8-17-29-18-9-6-10-19-29/h6-7,9-12,14-15,18-23,33H,1-5,8,13,16-17,24-28H2,(H,38,43)(H,39,41)(H,40,42)/t33-/m1/s1. The lowest BCUT2D eigenvalue weighted by atomic mass is 10.0. The summed E-state index contributed by atoms with van der Waals surface area (Å²) in [6, 6.07) is 26.4. The summed E-state index contributed by atoms with van der Waals surface area (Å²) in [7, 11) is 0. The zero-order valence-corrected chi connectivity index (χ0v) is 26.7. The van der Waals surface area contributed by atoms with Crippen molar-refractivity contribution in [2.24, 2.45) is 0 Å². The van der Waals surface area contributed by atoms with Crippen molar-refractivity contribution >= 4 is 29.5 Å². The van der Waals surface area contributed by atoms with Crippen molar-refractivity contribution in [1.29, 1.82) is 0 Å². The summed E-state index contributed by atoms with van der Waals surface area (Å²) in [5.41, 5.74) is 5.48. The number of unbranched alkanes of at least 4 members (excludes halogenated alkanes) is 6. The van der Waals surface area contributed by atoms with Crippen molar-refractivity contribution in [2.45, 2.75) is 89.9 Å². The SMILES string of the molecule is O=C(CCCCCCCCCc1ccccc1)N[C@H](CCCNC(=O)OCc1ccccc1Cl)C(=O)NOCc1ccccc1. The van der Waals surface area contributed by atoms with Gasteiger partial charge >= 0.3 is 6.09 Å². The van der Waals surface area contributed by atoms with Crippen LogP contribution in [0.25, 0.3) is 0 Å². The molecule has 3 aromatic carbocycles. The highest BCUT2D eigenvalue weighted by Gasteiger charge is 2.21. The van der Waals surface area contributed by atoms with Crippen LogP contribution in [0, 0.1) is 0 Å². The van der Waals surface area contributed by atoms with Gasteiger partial charge in [-0.25, -0.2) is 10.3 Å². The molecule has 9 heteroatoms. The van der Waals surface area contributed by atoms with E-state index in [0.717, 1.165) is 37.7 Å². The lowest BCUT2D eigenvalue weighted by molar-refractivity contribution is -0.139. The lowest BCUT2D eigenvalue weighted by Crippen LogP contribution is -2.47. The van der Waals surface area contributed by atoms with Gasteiger partial charge in [0.2, 0.25) is 5.91 Å². The summed E-state index contributed by atoms with van der Waals surface area (Å²) >= 11 is 6.11. The molecule has 0 bridgehead atoms. The molecule has 3 rings (SSSR count). The van der Waals surface area contributed by atoms with E-state index in [1.54, 1.807) is 18.2 Å². The summed E-state index contributed by atoms with van der Waals surface area (Å²) in [6.07, 6.45) is 9.28. The molecule has 0 radical (unpaired) electrons. The van der Waals surface area contributed by atoms with Crippen LogP contribution in [0.15, 0.2) is 84.9 Å². The van der Waals surface area contributed by atoms with E-state index in [-0.39, 0.29) is 25.7 Å². The Morgan fingerprint density at radius 3 is 2.02 bits per heavy atom. The van der Waals surface area contributed by atoms with Crippen molar-refractivity contribution in [3.05, 3.63) is 107 Å². The van der Waals surface area contributed by atoms with E-state index in [1.807, 2.05) is 42.5 Å². The lowest BCUT2D eigenvalue weighted by Gasteiger charge is -2.18. The maximum absolute atomic E-state index is 12.9. The number of halogens is 1. The number of alkyl carbamates (subject to hydrolysis) is 1. The molecule has 8 nitrogen and oxygen atoms in total. The minimum absolute atomic E-state index is 0.0552. The predicted molar refractivity (Wildman–Crippen MR) is 177 cm³/mol. The first-order valence-electron chi connectivity index (χ1n) is 15.9. The second-order valence-corrected chi connectivity index (χ2v) is 11.5. The maximum Gasteiger partial charge on any atom is 0.407 e. The number of nitrogens with one attached hydrogen (secondary N) is 3. The van der Waals surface area contributed by atoms with Gasteiger partial charge in [0, 0.05) is 23.6 Å². The highest BCUT2D eigenvalue weighted by Crippen LogP contribution is 2.16. The summed E-state index contributed by atoms with van der Waals surface area (Å²) in [5.74, 6) is -0.607. The van der Waals surface area contributed by atoms with Crippen LogP contribution in [0.1, 0.15) is 80.9 Å². The Morgan fingerprint density at radius 1 is 0.689 bits per heavy atom. The molecule has 0 saturated heterocycles. The van der Waals surface area contributed by atoms with Crippen molar-refractivity contribution < 1.29 is 24.0 Å². The smallest absolute Gasteiger partial charge is 0.407 e. The molecule has 0 unspecified atom stereocenters. The zero-order chi connectivity index (χ0) is 32.0. The van der Waals surface area contributed by atoms with Gasteiger partial charge in [0.1, 0.15) is 12.6 Å². The minimum atomic E-state index is -0.793. The Bertz CT molecular complexity index is 1280. The Hall–Kier alpha value is -3.88. The molecule has 3 amide bonds. The van der Waals surface area contributed by atoms with E-state index in [0.29, 0.717) is 29.8 Å². The molecule has 0 spiro atoms. The molecule has 0 aliphatic rings. The Labute approximate surface area is 272 Å². The van der Waals surface area contributed by atoms with Crippen LogP contribution in [0.3, 0.4) is 0 Å². The van der Waals surface area contributed by atoms with Gasteiger partial charge in [0.25, 0.3) is 5.91 Å². The summed E-state index contributed by atoms with van der Waals surface area (Å²) < 4.78 is 5.23. The van der Waals surface area contributed by atoms with E-state index in [4.69, 9.17) is 21.2 Å². The molecule has 3 N–H and O–H groups in total. The van der Waals surface area contributed by atoms with Crippen molar-refractivity contribution in [3.8, 4) is 0 Å². The number of aryl methyl sites for hydroxylation is 1. The molecule has 1 atom stereocenters. The highest BCUT2D eigenvalue weighted by molar-refractivity contribution is 6.31. The summed E-state index contributed by atoms with van der Waals surface area (Å²) in [4.78, 5) is 43.1. The fourth-order valence-electron chi connectivity index (χ4n) is 4.82. The second-order valence-electron chi connectivity index (χ2n) is 11.1. The van der Waals surface area contributed by atoms with Crippen LogP contribution in [-0.2, 0) is 38.8 Å². The average Bonchev–Trinajstić information content (AvgIpc) is 3.06. The Morgan fingerprint density at radius 2 is 1.31 bits per heavy atom. The van der Waals surface area contributed by atoms with Crippen LogP contribution < -0.4 is 16.1 Å². The highest BCUT2D eigenvalue weighted by atomic mass is 35.5. The van der Waals surface area contributed by atoms with Gasteiger partial charge in [-0.2, -0.15) is 0 Å². The number of hydrogen-bond acceptors (Lipinski definition) is 5. The molecule has 45 heavy (non-hydrogen) atoms. The van der Waals surface area contributed by atoms with Crippen molar-refractivity contribution in [2.75, 3.05) is 6.54 Å². The summed E-state index contributed by atoms with van der Waals surface area (Å²) in [5, 5.41) is 6.06. The molecule has 0 heterocycles. The minimum Gasteiger partial charge on any atom is -0.445 e. The number of hydrogen-bond donors (Lipinski definition) is 3. The fourth-order valence-corrected chi connectivity index (χ4v) is 5.01. The molecule has 0 aromatic heterocycles. The Kier molecular flexibility index (Phi) is 17.2. The molecule has 0 aliphatic carbocycles. The molecule has 0 saturated carbocycles. The van der Waals surface area contributed by atoms with Gasteiger partial charge in [0.05, 0.1) is 6.61 Å². The summed E-state index contributed by atoms with van der Waals surface area (Å²) in [6.45, 7) is 0.537. The normalized spacial score (nSPS) is 11.4. The molecule has 242 valence electrons. The average molecular weight is 636 g/mol. The van der Waals surface area contributed by atoms with E-state index in [1.165, 1.54) is 24.8 Å². The molecular formula is C36H46ClN3O5. The first-order chi connectivity index (χ1) is 22.0. The third-order valence-electron chi connectivity index (χ3n) is 7.37. The van der Waals surface area contributed by atoms with Crippen LogP contribution in [0.2, 0.25) is 5.02 Å². The zero-order valence-electron chi connectivity index (χ0n) is 26.0. The number of rotatable bonds is 21. The number of benzene rings is 3. The number of hydroxylamine groups is 1. The van der Waals surface area contributed by atoms with Gasteiger partial charge < -0.3 is 15.4 Å². The quantitative estimate of drug-likeness (QED) is 0.0833. The van der Waals surface area contributed by atoms with E-state index < -0.39 is 18.0 Å². The monoisotopic (exact) mass is 635 g/mol. The van der Waals surface area contributed by atoms with Gasteiger partial charge in [0.15, 0.2) is 0 Å². The predicted octanol–water partition coefficient (Wildman–Crippen LogP) is 7.44. The fraction of sp³-hybridized carbons (Fsp3) is 0.417. The third kappa shape index (κ3) is 15.6. The van der Waals surface area contributed by atoms with Gasteiger partial charge in [-0.3, -0.25) is 14.4 Å². The Balaban J connectivity index is 1.33. The van der Waals surface area contributed by atoms with Crippen LogP contribution >= 0.6 is 11.6 Å².